The molecular formula is C11H18O4. The van der Waals surface area contributed by atoms with E-state index in [4.69, 9.17) is 14.2 Å². The average molecular weight is 214 g/mol. The third-order valence-corrected chi connectivity index (χ3v) is 2.27. The third kappa shape index (κ3) is 3.64. The van der Waals surface area contributed by atoms with E-state index in [1.807, 2.05) is 20.8 Å². The van der Waals surface area contributed by atoms with Gasteiger partial charge in [0.1, 0.15) is 6.61 Å². The molecule has 1 fully saturated rings. The molecule has 1 heterocycles. The molecule has 0 amide bonds. The van der Waals surface area contributed by atoms with Crippen molar-refractivity contribution in [2.75, 3.05) is 19.8 Å². The van der Waals surface area contributed by atoms with Crippen LogP contribution >= 0.6 is 0 Å². The molecule has 15 heavy (non-hydrogen) atoms. The van der Waals surface area contributed by atoms with Gasteiger partial charge < -0.3 is 14.2 Å². The van der Waals surface area contributed by atoms with Crippen LogP contribution in [-0.4, -0.2) is 31.6 Å². The van der Waals surface area contributed by atoms with Gasteiger partial charge in [-0.1, -0.05) is 13.5 Å². The zero-order valence-electron chi connectivity index (χ0n) is 9.54. The first-order chi connectivity index (χ1) is 6.87. The first-order valence-electron chi connectivity index (χ1n) is 4.94. The molecule has 0 aromatic rings. The van der Waals surface area contributed by atoms with E-state index in [1.165, 1.54) is 0 Å². The summed E-state index contributed by atoms with van der Waals surface area (Å²) >= 11 is 0. The van der Waals surface area contributed by atoms with Gasteiger partial charge in [0.25, 0.3) is 0 Å². The van der Waals surface area contributed by atoms with Gasteiger partial charge in [-0.3, -0.25) is 0 Å². The van der Waals surface area contributed by atoms with E-state index in [0.717, 1.165) is 6.08 Å². The number of esters is 1. The SMILES string of the molecule is C=CC(=O)OCC1(C)COC(C)(C)OC1. The van der Waals surface area contributed by atoms with Gasteiger partial charge in [0.15, 0.2) is 5.79 Å². The van der Waals surface area contributed by atoms with Crippen LogP contribution in [0.2, 0.25) is 0 Å². The normalized spacial score (nSPS) is 23.1. The van der Waals surface area contributed by atoms with Gasteiger partial charge >= 0.3 is 5.97 Å². The van der Waals surface area contributed by atoms with Crippen molar-refractivity contribution in [1.29, 1.82) is 0 Å². The third-order valence-electron chi connectivity index (χ3n) is 2.27. The minimum absolute atomic E-state index is 0.270. The predicted octanol–water partition coefficient (Wildman–Crippen LogP) is 1.50. The van der Waals surface area contributed by atoms with Crippen molar-refractivity contribution in [3.8, 4) is 0 Å². The number of hydrogen-bond donors (Lipinski definition) is 0. The van der Waals surface area contributed by atoms with E-state index in [2.05, 4.69) is 6.58 Å². The minimum atomic E-state index is -0.540. The van der Waals surface area contributed by atoms with Crippen LogP contribution in [0.1, 0.15) is 20.8 Å². The monoisotopic (exact) mass is 214 g/mol. The van der Waals surface area contributed by atoms with Crippen LogP contribution in [0.4, 0.5) is 0 Å². The predicted molar refractivity (Wildman–Crippen MR) is 55.2 cm³/mol. The molecule has 0 saturated carbocycles. The zero-order chi connectivity index (χ0) is 11.5. The molecule has 0 N–H and O–H groups in total. The van der Waals surface area contributed by atoms with Crippen molar-refractivity contribution < 1.29 is 19.0 Å². The fourth-order valence-electron chi connectivity index (χ4n) is 1.17. The topological polar surface area (TPSA) is 44.8 Å². The van der Waals surface area contributed by atoms with Crippen molar-refractivity contribution in [3.63, 3.8) is 0 Å². The Morgan fingerprint density at radius 2 is 1.93 bits per heavy atom. The summed E-state index contributed by atoms with van der Waals surface area (Å²) in [7, 11) is 0. The molecule has 1 rings (SSSR count). The summed E-state index contributed by atoms with van der Waals surface area (Å²) in [6, 6.07) is 0. The first-order valence-corrected chi connectivity index (χ1v) is 4.94. The summed E-state index contributed by atoms with van der Waals surface area (Å²) in [5, 5.41) is 0. The number of carbonyl (C=O) groups excluding carboxylic acids is 1. The van der Waals surface area contributed by atoms with Crippen LogP contribution in [0.5, 0.6) is 0 Å². The Hall–Kier alpha value is -0.870. The molecule has 0 unspecified atom stereocenters. The van der Waals surface area contributed by atoms with Gasteiger partial charge in [0.05, 0.1) is 13.2 Å². The van der Waals surface area contributed by atoms with Gasteiger partial charge in [-0.25, -0.2) is 4.79 Å². The Labute approximate surface area is 90.2 Å². The summed E-state index contributed by atoms with van der Waals surface area (Å²) in [5.74, 6) is -0.955. The fraction of sp³-hybridized carbons (Fsp3) is 0.727. The van der Waals surface area contributed by atoms with Crippen LogP contribution in [-0.2, 0) is 19.0 Å². The maximum Gasteiger partial charge on any atom is 0.330 e. The second-order valence-corrected chi connectivity index (χ2v) is 4.60. The van der Waals surface area contributed by atoms with E-state index in [0.29, 0.717) is 13.2 Å². The van der Waals surface area contributed by atoms with Gasteiger partial charge in [0, 0.05) is 11.5 Å². The minimum Gasteiger partial charge on any atom is -0.462 e. The van der Waals surface area contributed by atoms with Gasteiger partial charge in [0.2, 0.25) is 0 Å². The molecule has 4 heteroatoms. The molecule has 0 aromatic heterocycles. The molecule has 86 valence electrons. The summed E-state index contributed by atoms with van der Waals surface area (Å²) in [6.07, 6.45) is 1.15. The fourth-order valence-corrected chi connectivity index (χ4v) is 1.17. The molecule has 0 atom stereocenters. The van der Waals surface area contributed by atoms with E-state index >= 15 is 0 Å². The molecule has 1 saturated heterocycles. The summed E-state index contributed by atoms with van der Waals surface area (Å²) in [4.78, 5) is 10.9. The molecule has 0 aromatic carbocycles. The van der Waals surface area contributed by atoms with Crippen molar-refractivity contribution in [1.82, 2.24) is 0 Å². The molecular weight excluding hydrogens is 196 g/mol. The highest BCUT2D eigenvalue weighted by Gasteiger charge is 2.37. The number of rotatable bonds is 3. The lowest BCUT2D eigenvalue weighted by atomic mass is 9.93. The molecule has 0 bridgehead atoms. The molecule has 1 aliphatic heterocycles. The van der Waals surface area contributed by atoms with Crippen molar-refractivity contribution >= 4 is 5.97 Å². The number of carbonyl (C=O) groups is 1. The Morgan fingerprint density at radius 1 is 1.40 bits per heavy atom. The highest BCUT2D eigenvalue weighted by Crippen LogP contribution is 2.29. The molecule has 0 spiro atoms. The highest BCUT2D eigenvalue weighted by molar-refractivity contribution is 5.81. The summed E-state index contributed by atoms with van der Waals surface area (Å²) < 4.78 is 16.0. The van der Waals surface area contributed by atoms with Crippen molar-refractivity contribution in [3.05, 3.63) is 12.7 Å². The Morgan fingerprint density at radius 3 is 2.40 bits per heavy atom. The molecule has 0 aliphatic carbocycles. The number of ether oxygens (including phenoxy) is 3. The lowest BCUT2D eigenvalue weighted by molar-refractivity contribution is -0.287. The van der Waals surface area contributed by atoms with Crippen molar-refractivity contribution in [2.45, 2.75) is 26.6 Å². The Kier molecular flexibility index (Phi) is 3.52. The Bertz CT molecular complexity index is 247. The first kappa shape index (κ1) is 12.2. The average Bonchev–Trinajstić information content (AvgIpc) is 2.20. The maximum absolute atomic E-state index is 10.9. The van der Waals surface area contributed by atoms with Crippen molar-refractivity contribution in [2.24, 2.45) is 5.41 Å². The highest BCUT2D eigenvalue weighted by atomic mass is 16.7. The van der Waals surface area contributed by atoms with E-state index < -0.39 is 11.8 Å². The van der Waals surface area contributed by atoms with Crippen LogP contribution in [0, 0.1) is 5.41 Å². The van der Waals surface area contributed by atoms with Crippen LogP contribution in [0.15, 0.2) is 12.7 Å². The largest absolute Gasteiger partial charge is 0.462 e. The standard InChI is InChI=1S/C11H18O4/c1-5-9(12)13-6-11(4)7-14-10(2,3)15-8-11/h5H,1,6-8H2,2-4H3. The quantitative estimate of drug-likeness (QED) is 0.527. The van der Waals surface area contributed by atoms with Crippen LogP contribution in [0.3, 0.4) is 0 Å². The maximum atomic E-state index is 10.9. The number of hydrogen-bond acceptors (Lipinski definition) is 4. The lowest BCUT2D eigenvalue weighted by Gasteiger charge is -2.40. The summed E-state index contributed by atoms with van der Waals surface area (Å²) in [6.45, 7) is 10.3. The van der Waals surface area contributed by atoms with Crippen LogP contribution in [0.25, 0.3) is 0 Å². The molecule has 1 aliphatic rings. The zero-order valence-corrected chi connectivity index (χ0v) is 9.54. The summed E-state index contributed by atoms with van der Waals surface area (Å²) in [5.41, 5.74) is -0.270. The van der Waals surface area contributed by atoms with E-state index in [9.17, 15) is 4.79 Å². The van der Waals surface area contributed by atoms with E-state index in [-0.39, 0.29) is 12.0 Å². The van der Waals surface area contributed by atoms with E-state index in [1.54, 1.807) is 0 Å². The van der Waals surface area contributed by atoms with Gasteiger partial charge in [-0.15, -0.1) is 0 Å². The van der Waals surface area contributed by atoms with Crippen LogP contribution < -0.4 is 0 Å². The second-order valence-electron chi connectivity index (χ2n) is 4.60. The lowest BCUT2D eigenvalue weighted by Crippen LogP contribution is -2.47. The van der Waals surface area contributed by atoms with Gasteiger partial charge in [-0.05, 0) is 13.8 Å². The second kappa shape index (κ2) is 4.33. The molecule has 0 radical (unpaired) electrons. The molecule has 4 nitrogen and oxygen atoms in total. The van der Waals surface area contributed by atoms with Gasteiger partial charge in [-0.2, -0.15) is 0 Å². The Balaban J connectivity index is 2.41. The smallest absolute Gasteiger partial charge is 0.330 e.